The van der Waals surface area contributed by atoms with Crippen molar-refractivity contribution in [2.24, 2.45) is 5.73 Å². The first-order valence-electron chi connectivity index (χ1n) is 5.91. The summed E-state index contributed by atoms with van der Waals surface area (Å²) in [5.41, 5.74) is 6.92. The van der Waals surface area contributed by atoms with E-state index < -0.39 is 17.8 Å². The summed E-state index contributed by atoms with van der Waals surface area (Å²) in [6, 6.07) is 13.4. The minimum Gasteiger partial charge on any atom is -0.370 e. The standard InChI is InChI=1S/C15H12FN3O/c16-12-2-1-3-13(8-12)19-14(15(18)20)11-6-4-10(9-17)5-7-11/h1-8,14,19H,(H2,18,20). The molecule has 0 saturated carbocycles. The Morgan fingerprint density at radius 2 is 1.95 bits per heavy atom. The quantitative estimate of drug-likeness (QED) is 0.894. The maximum absolute atomic E-state index is 13.1. The van der Waals surface area contributed by atoms with Crippen molar-refractivity contribution in [1.29, 1.82) is 5.26 Å². The van der Waals surface area contributed by atoms with Crippen LogP contribution in [0.4, 0.5) is 10.1 Å². The number of carbonyl (C=O) groups is 1. The lowest BCUT2D eigenvalue weighted by atomic mass is 10.0. The Morgan fingerprint density at radius 3 is 2.50 bits per heavy atom. The molecule has 0 heterocycles. The van der Waals surface area contributed by atoms with Crippen molar-refractivity contribution in [1.82, 2.24) is 0 Å². The van der Waals surface area contributed by atoms with Crippen LogP contribution in [0.3, 0.4) is 0 Å². The molecule has 0 aliphatic heterocycles. The molecule has 4 nitrogen and oxygen atoms in total. The van der Waals surface area contributed by atoms with Crippen molar-refractivity contribution in [3.63, 3.8) is 0 Å². The maximum Gasteiger partial charge on any atom is 0.244 e. The molecular formula is C15H12FN3O. The Morgan fingerprint density at radius 1 is 1.25 bits per heavy atom. The fourth-order valence-electron chi connectivity index (χ4n) is 1.81. The van der Waals surface area contributed by atoms with Gasteiger partial charge in [0.1, 0.15) is 11.9 Å². The number of hydrogen-bond donors (Lipinski definition) is 2. The van der Waals surface area contributed by atoms with E-state index in [1.807, 2.05) is 6.07 Å². The van der Waals surface area contributed by atoms with E-state index in [1.165, 1.54) is 18.2 Å². The third-order valence-corrected chi connectivity index (χ3v) is 2.79. The van der Waals surface area contributed by atoms with Crippen molar-refractivity contribution >= 4 is 11.6 Å². The van der Waals surface area contributed by atoms with E-state index >= 15 is 0 Å². The van der Waals surface area contributed by atoms with E-state index in [9.17, 15) is 9.18 Å². The van der Waals surface area contributed by atoms with Gasteiger partial charge in [-0.15, -0.1) is 0 Å². The molecule has 0 aliphatic carbocycles. The van der Waals surface area contributed by atoms with Gasteiger partial charge in [0.2, 0.25) is 5.91 Å². The molecule has 0 bridgehead atoms. The van der Waals surface area contributed by atoms with Crippen LogP contribution in [0.25, 0.3) is 0 Å². The summed E-state index contributed by atoms with van der Waals surface area (Å²) in [5, 5.41) is 11.6. The van der Waals surface area contributed by atoms with E-state index in [0.717, 1.165) is 0 Å². The van der Waals surface area contributed by atoms with Crippen LogP contribution in [0.15, 0.2) is 48.5 Å². The molecule has 0 saturated heterocycles. The minimum atomic E-state index is -0.787. The van der Waals surface area contributed by atoms with Crippen LogP contribution in [0.1, 0.15) is 17.2 Å². The molecule has 5 heteroatoms. The number of primary amides is 1. The normalized spacial score (nSPS) is 11.4. The molecule has 3 N–H and O–H groups in total. The molecule has 2 aromatic carbocycles. The number of nitrogens with one attached hydrogen (secondary N) is 1. The van der Waals surface area contributed by atoms with Crippen LogP contribution in [0.2, 0.25) is 0 Å². The lowest BCUT2D eigenvalue weighted by Crippen LogP contribution is -2.27. The Hall–Kier alpha value is -2.87. The number of rotatable bonds is 4. The van der Waals surface area contributed by atoms with Gasteiger partial charge in [0.25, 0.3) is 0 Å². The molecule has 20 heavy (non-hydrogen) atoms. The molecule has 0 radical (unpaired) electrons. The number of amides is 1. The molecule has 0 fully saturated rings. The number of nitrogens with two attached hydrogens (primary N) is 1. The second kappa shape index (κ2) is 5.85. The Labute approximate surface area is 115 Å². The average Bonchev–Trinajstić information content (AvgIpc) is 2.45. The predicted octanol–water partition coefficient (Wildman–Crippen LogP) is 2.34. The summed E-state index contributed by atoms with van der Waals surface area (Å²) in [7, 11) is 0. The van der Waals surface area contributed by atoms with Crippen LogP contribution in [0, 0.1) is 17.1 Å². The molecule has 2 rings (SSSR count). The predicted molar refractivity (Wildman–Crippen MR) is 73.1 cm³/mol. The van der Waals surface area contributed by atoms with E-state index in [4.69, 9.17) is 11.0 Å². The zero-order valence-corrected chi connectivity index (χ0v) is 10.5. The largest absolute Gasteiger partial charge is 0.370 e. The highest BCUT2D eigenvalue weighted by molar-refractivity contribution is 5.84. The number of anilines is 1. The molecule has 0 spiro atoms. The number of carbonyl (C=O) groups excluding carboxylic acids is 1. The molecule has 0 aliphatic rings. The SMILES string of the molecule is N#Cc1ccc(C(Nc2cccc(F)c2)C(N)=O)cc1. The molecule has 2 aromatic rings. The molecule has 0 aromatic heterocycles. The monoisotopic (exact) mass is 269 g/mol. The van der Waals surface area contributed by atoms with E-state index in [-0.39, 0.29) is 0 Å². The van der Waals surface area contributed by atoms with Gasteiger partial charge in [-0.2, -0.15) is 5.26 Å². The van der Waals surface area contributed by atoms with Gasteiger partial charge in [-0.05, 0) is 35.9 Å². The summed E-state index contributed by atoms with van der Waals surface area (Å²) in [4.78, 5) is 11.5. The van der Waals surface area contributed by atoms with Gasteiger partial charge >= 0.3 is 0 Å². The van der Waals surface area contributed by atoms with Gasteiger partial charge in [-0.3, -0.25) is 4.79 Å². The minimum absolute atomic E-state index is 0.405. The number of nitriles is 1. The molecule has 100 valence electrons. The molecule has 1 atom stereocenters. The van der Waals surface area contributed by atoms with Crippen LogP contribution < -0.4 is 11.1 Å². The van der Waals surface area contributed by atoms with E-state index in [0.29, 0.717) is 16.8 Å². The van der Waals surface area contributed by atoms with Gasteiger partial charge in [-0.1, -0.05) is 18.2 Å². The van der Waals surface area contributed by atoms with Crippen LogP contribution >= 0.6 is 0 Å². The summed E-state index contributed by atoms with van der Waals surface area (Å²) < 4.78 is 13.1. The Bertz CT molecular complexity index is 662. The molecule has 1 unspecified atom stereocenters. The van der Waals surface area contributed by atoms with Crippen molar-refractivity contribution < 1.29 is 9.18 Å². The Kier molecular flexibility index (Phi) is 3.96. The molecule has 1 amide bonds. The third-order valence-electron chi connectivity index (χ3n) is 2.79. The van der Waals surface area contributed by atoms with Crippen molar-refractivity contribution in [2.45, 2.75) is 6.04 Å². The highest BCUT2D eigenvalue weighted by Crippen LogP contribution is 2.20. The van der Waals surface area contributed by atoms with E-state index in [2.05, 4.69) is 5.32 Å². The first kappa shape index (κ1) is 13.6. The zero-order valence-electron chi connectivity index (χ0n) is 10.5. The second-order valence-corrected chi connectivity index (χ2v) is 4.22. The van der Waals surface area contributed by atoms with Gasteiger partial charge in [0.15, 0.2) is 0 Å². The molecular weight excluding hydrogens is 257 g/mol. The van der Waals surface area contributed by atoms with Gasteiger partial charge in [0, 0.05) is 5.69 Å². The van der Waals surface area contributed by atoms with Crippen molar-refractivity contribution in [2.75, 3.05) is 5.32 Å². The smallest absolute Gasteiger partial charge is 0.244 e. The van der Waals surface area contributed by atoms with Crippen LogP contribution in [-0.4, -0.2) is 5.91 Å². The van der Waals surface area contributed by atoms with Gasteiger partial charge in [0.05, 0.1) is 11.6 Å². The number of nitrogens with zero attached hydrogens (tertiary/aromatic N) is 1. The lowest BCUT2D eigenvalue weighted by Gasteiger charge is -2.17. The van der Waals surface area contributed by atoms with Crippen LogP contribution in [0.5, 0.6) is 0 Å². The fraction of sp³-hybridized carbons (Fsp3) is 0.0667. The highest BCUT2D eigenvalue weighted by atomic mass is 19.1. The summed E-state index contributed by atoms with van der Waals surface area (Å²) >= 11 is 0. The van der Waals surface area contributed by atoms with Gasteiger partial charge < -0.3 is 11.1 Å². The zero-order chi connectivity index (χ0) is 14.5. The van der Waals surface area contributed by atoms with Gasteiger partial charge in [-0.25, -0.2) is 4.39 Å². The second-order valence-electron chi connectivity index (χ2n) is 4.22. The summed E-state index contributed by atoms with van der Waals surface area (Å²) in [6.45, 7) is 0. The number of hydrogen-bond acceptors (Lipinski definition) is 3. The topological polar surface area (TPSA) is 78.9 Å². The first-order chi connectivity index (χ1) is 9.60. The number of benzene rings is 2. The number of halogens is 1. The van der Waals surface area contributed by atoms with E-state index in [1.54, 1.807) is 30.3 Å². The average molecular weight is 269 g/mol. The highest BCUT2D eigenvalue weighted by Gasteiger charge is 2.17. The maximum atomic E-state index is 13.1. The van der Waals surface area contributed by atoms with Crippen molar-refractivity contribution in [3.05, 3.63) is 65.5 Å². The summed E-state index contributed by atoms with van der Waals surface area (Å²) in [5.74, 6) is -0.989. The third kappa shape index (κ3) is 3.12. The fourth-order valence-corrected chi connectivity index (χ4v) is 1.81. The van der Waals surface area contributed by atoms with Crippen molar-refractivity contribution in [3.8, 4) is 6.07 Å². The Balaban J connectivity index is 2.27. The summed E-state index contributed by atoms with van der Waals surface area (Å²) in [6.07, 6.45) is 0. The first-order valence-corrected chi connectivity index (χ1v) is 5.91. The van der Waals surface area contributed by atoms with Crippen LogP contribution in [-0.2, 0) is 4.79 Å². The lowest BCUT2D eigenvalue weighted by molar-refractivity contribution is -0.118.